The second-order valence-electron chi connectivity index (χ2n) is 6.07. The molecule has 0 fully saturated rings. The molecular weight excluding hydrogens is 210 g/mol. The zero-order chi connectivity index (χ0) is 13.2. The van der Waals surface area contributed by atoms with E-state index in [0.717, 1.165) is 11.7 Å². The first-order valence-corrected chi connectivity index (χ1v) is 6.32. The van der Waals surface area contributed by atoms with Crippen LogP contribution >= 0.6 is 0 Å². The minimum atomic E-state index is 0.0951. The number of aliphatic imine (C=N–C) groups is 1. The molecule has 0 saturated heterocycles. The molecule has 0 N–H and O–H groups in total. The summed E-state index contributed by atoms with van der Waals surface area (Å²) in [7, 11) is 0. The van der Waals surface area contributed by atoms with Gasteiger partial charge in [-0.1, -0.05) is 34.6 Å². The minimum absolute atomic E-state index is 0.0951. The number of hydrogen-bond donors (Lipinski definition) is 0. The zero-order valence-electron chi connectivity index (χ0n) is 12.2. The molecule has 0 spiro atoms. The SMILES string of the molecule is CC(=Nc1nccn1C(C)C(C)C)C(C)(C)C. The van der Waals surface area contributed by atoms with E-state index in [1.165, 1.54) is 0 Å². The molecule has 0 aliphatic rings. The average Bonchev–Trinajstić information content (AvgIpc) is 2.63. The largest absolute Gasteiger partial charge is 0.313 e. The summed E-state index contributed by atoms with van der Waals surface area (Å²) in [6.45, 7) is 15.2. The lowest BCUT2D eigenvalue weighted by atomic mass is 9.91. The first-order valence-electron chi connectivity index (χ1n) is 6.32. The van der Waals surface area contributed by atoms with Crippen molar-refractivity contribution in [3.63, 3.8) is 0 Å². The van der Waals surface area contributed by atoms with Crippen molar-refractivity contribution in [3.05, 3.63) is 12.4 Å². The molecule has 1 aromatic rings. The standard InChI is InChI=1S/C14H25N3/c1-10(2)11(3)17-9-8-15-13(17)16-12(4)14(5,6)7/h8-11H,1-7H3. The Balaban J connectivity index is 3.06. The van der Waals surface area contributed by atoms with E-state index in [1.807, 2.05) is 12.4 Å². The van der Waals surface area contributed by atoms with Crippen molar-refractivity contribution in [2.75, 3.05) is 0 Å². The summed E-state index contributed by atoms with van der Waals surface area (Å²) >= 11 is 0. The van der Waals surface area contributed by atoms with Crippen molar-refractivity contribution >= 4 is 11.7 Å². The van der Waals surface area contributed by atoms with Crippen molar-refractivity contribution in [2.24, 2.45) is 16.3 Å². The zero-order valence-corrected chi connectivity index (χ0v) is 12.2. The molecule has 1 unspecified atom stereocenters. The van der Waals surface area contributed by atoms with Gasteiger partial charge in [-0.2, -0.15) is 0 Å². The molecule has 3 nitrogen and oxygen atoms in total. The fourth-order valence-corrected chi connectivity index (χ4v) is 1.35. The number of nitrogens with zero attached hydrogens (tertiary/aromatic N) is 3. The van der Waals surface area contributed by atoms with Gasteiger partial charge in [0.25, 0.3) is 0 Å². The monoisotopic (exact) mass is 235 g/mol. The summed E-state index contributed by atoms with van der Waals surface area (Å²) in [6, 6.07) is 0.420. The van der Waals surface area contributed by atoms with Crippen LogP contribution in [-0.4, -0.2) is 15.3 Å². The van der Waals surface area contributed by atoms with Crippen LogP contribution in [0.1, 0.15) is 54.5 Å². The Hall–Kier alpha value is -1.12. The van der Waals surface area contributed by atoms with Crippen LogP contribution in [0.5, 0.6) is 0 Å². The van der Waals surface area contributed by atoms with Gasteiger partial charge in [-0.05, 0) is 19.8 Å². The first-order chi connectivity index (χ1) is 7.73. The molecule has 1 atom stereocenters. The molecule has 1 rings (SSSR count). The summed E-state index contributed by atoms with van der Waals surface area (Å²) in [6.07, 6.45) is 3.84. The van der Waals surface area contributed by atoms with Gasteiger partial charge in [0.2, 0.25) is 5.95 Å². The predicted octanol–water partition coefficient (Wildman–Crippen LogP) is 4.24. The number of rotatable bonds is 3. The van der Waals surface area contributed by atoms with Gasteiger partial charge in [0.1, 0.15) is 0 Å². The topological polar surface area (TPSA) is 30.2 Å². The second-order valence-corrected chi connectivity index (χ2v) is 6.07. The Kier molecular flexibility index (Phi) is 4.12. The molecule has 0 aromatic carbocycles. The van der Waals surface area contributed by atoms with Gasteiger partial charge >= 0.3 is 0 Å². The van der Waals surface area contributed by atoms with E-state index in [4.69, 9.17) is 0 Å². The third-order valence-corrected chi connectivity index (χ3v) is 3.40. The maximum absolute atomic E-state index is 4.66. The van der Waals surface area contributed by atoms with E-state index in [-0.39, 0.29) is 5.41 Å². The Labute approximate surface area is 105 Å². The van der Waals surface area contributed by atoms with Crippen molar-refractivity contribution < 1.29 is 0 Å². The predicted molar refractivity (Wildman–Crippen MR) is 74.0 cm³/mol. The molecular formula is C14H25N3. The van der Waals surface area contributed by atoms with Crippen LogP contribution in [0.4, 0.5) is 5.95 Å². The summed E-state index contributed by atoms with van der Waals surface area (Å²) in [5, 5.41) is 0. The average molecular weight is 235 g/mol. The van der Waals surface area contributed by atoms with E-state index in [1.54, 1.807) is 0 Å². The fourth-order valence-electron chi connectivity index (χ4n) is 1.35. The Morgan fingerprint density at radius 2 is 1.88 bits per heavy atom. The maximum atomic E-state index is 4.66. The Morgan fingerprint density at radius 3 is 2.35 bits per heavy atom. The molecule has 0 amide bonds. The van der Waals surface area contributed by atoms with Gasteiger partial charge < -0.3 is 4.57 Å². The summed E-state index contributed by atoms with van der Waals surface area (Å²) in [4.78, 5) is 9.01. The van der Waals surface area contributed by atoms with Crippen LogP contribution < -0.4 is 0 Å². The van der Waals surface area contributed by atoms with E-state index in [0.29, 0.717) is 12.0 Å². The maximum Gasteiger partial charge on any atom is 0.229 e. The third kappa shape index (κ3) is 3.42. The highest BCUT2D eigenvalue weighted by atomic mass is 15.2. The van der Waals surface area contributed by atoms with Crippen molar-refractivity contribution in [3.8, 4) is 0 Å². The molecule has 0 aliphatic carbocycles. The molecule has 0 bridgehead atoms. The van der Waals surface area contributed by atoms with Gasteiger partial charge in [0, 0.05) is 29.6 Å². The van der Waals surface area contributed by atoms with Crippen LogP contribution in [0.15, 0.2) is 17.4 Å². The third-order valence-electron chi connectivity index (χ3n) is 3.40. The van der Waals surface area contributed by atoms with Gasteiger partial charge in [-0.15, -0.1) is 0 Å². The van der Waals surface area contributed by atoms with Crippen LogP contribution in [0.2, 0.25) is 0 Å². The lowest BCUT2D eigenvalue weighted by Crippen LogP contribution is -2.17. The normalized spacial score (nSPS) is 15.4. The van der Waals surface area contributed by atoms with Crippen molar-refractivity contribution in [2.45, 2.75) is 54.5 Å². The molecule has 0 aliphatic heterocycles. The highest BCUT2D eigenvalue weighted by Gasteiger charge is 2.17. The van der Waals surface area contributed by atoms with Crippen LogP contribution in [-0.2, 0) is 0 Å². The molecule has 0 radical (unpaired) electrons. The van der Waals surface area contributed by atoms with E-state index < -0.39 is 0 Å². The summed E-state index contributed by atoms with van der Waals surface area (Å²) < 4.78 is 2.15. The minimum Gasteiger partial charge on any atom is -0.313 e. The van der Waals surface area contributed by atoms with E-state index in [9.17, 15) is 0 Å². The second kappa shape index (κ2) is 5.03. The molecule has 17 heavy (non-hydrogen) atoms. The van der Waals surface area contributed by atoms with Crippen LogP contribution in [0, 0.1) is 11.3 Å². The highest BCUT2D eigenvalue weighted by molar-refractivity contribution is 5.88. The summed E-state index contributed by atoms with van der Waals surface area (Å²) in [5.74, 6) is 1.40. The van der Waals surface area contributed by atoms with E-state index >= 15 is 0 Å². The number of aromatic nitrogens is 2. The Morgan fingerprint density at radius 1 is 1.29 bits per heavy atom. The Bertz CT molecular complexity index is 394. The van der Waals surface area contributed by atoms with Crippen LogP contribution in [0.3, 0.4) is 0 Å². The van der Waals surface area contributed by atoms with Crippen molar-refractivity contribution in [1.82, 2.24) is 9.55 Å². The highest BCUT2D eigenvalue weighted by Crippen LogP contribution is 2.25. The lowest BCUT2D eigenvalue weighted by Gasteiger charge is -2.21. The summed E-state index contributed by atoms with van der Waals surface area (Å²) in [5.41, 5.74) is 1.21. The molecule has 96 valence electrons. The smallest absolute Gasteiger partial charge is 0.229 e. The van der Waals surface area contributed by atoms with Crippen molar-refractivity contribution in [1.29, 1.82) is 0 Å². The van der Waals surface area contributed by atoms with E-state index in [2.05, 4.69) is 63.0 Å². The fraction of sp³-hybridized carbons (Fsp3) is 0.714. The van der Waals surface area contributed by atoms with Gasteiger partial charge in [-0.25, -0.2) is 9.98 Å². The number of hydrogen-bond acceptors (Lipinski definition) is 2. The lowest BCUT2D eigenvalue weighted by molar-refractivity contribution is 0.410. The molecule has 1 aromatic heterocycles. The van der Waals surface area contributed by atoms with Gasteiger partial charge in [0.15, 0.2) is 0 Å². The van der Waals surface area contributed by atoms with Gasteiger partial charge in [0.05, 0.1) is 0 Å². The molecule has 3 heteroatoms. The molecule has 1 heterocycles. The molecule has 0 saturated carbocycles. The number of imidazole rings is 1. The quantitative estimate of drug-likeness (QED) is 0.721. The first kappa shape index (κ1) is 13.9. The van der Waals surface area contributed by atoms with Gasteiger partial charge in [-0.3, -0.25) is 0 Å². The van der Waals surface area contributed by atoms with Crippen LogP contribution in [0.25, 0.3) is 0 Å².